The highest BCUT2D eigenvalue weighted by molar-refractivity contribution is 5.25. The Kier molecular flexibility index (Phi) is 3.00. The second kappa shape index (κ2) is 4.27. The van der Waals surface area contributed by atoms with Crippen molar-refractivity contribution in [1.29, 1.82) is 0 Å². The van der Waals surface area contributed by atoms with Gasteiger partial charge in [0.25, 0.3) is 0 Å². The molecule has 0 bridgehead atoms. The highest BCUT2D eigenvalue weighted by Crippen LogP contribution is 2.20. The van der Waals surface area contributed by atoms with Gasteiger partial charge in [-0.3, -0.25) is 0 Å². The van der Waals surface area contributed by atoms with E-state index in [0.29, 0.717) is 23.5 Å². The van der Waals surface area contributed by atoms with Crippen LogP contribution in [0.3, 0.4) is 0 Å². The van der Waals surface area contributed by atoms with Gasteiger partial charge in [-0.1, -0.05) is 0 Å². The third kappa shape index (κ3) is 2.34. The quantitative estimate of drug-likeness (QED) is 0.792. The predicted molar refractivity (Wildman–Crippen MR) is 55.8 cm³/mol. The first-order valence-electron chi connectivity index (χ1n) is 5.32. The maximum atomic E-state index is 13.5. The molecule has 1 unspecified atom stereocenters. The van der Waals surface area contributed by atoms with E-state index < -0.39 is 0 Å². The number of nitrogens with one attached hydrogen (secondary N) is 1. The summed E-state index contributed by atoms with van der Waals surface area (Å²) in [6, 6.07) is 2.62. The van der Waals surface area contributed by atoms with Gasteiger partial charge in [-0.2, -0.15) is 0 Å². The van der Waals surface area contributed by atoms with Crippen molar-refractivity contribution in [2.45, 2.75) is 19.8 Å². The number of benzene rings is 1. The van der Waals surface area contributed by atoms with E-state index in [1.807, 2.05) is 0 Å². The van der Waals surface area contributed by atoms with Gasteiger partial charge in [0.1, 0.15) is 11.6 Å². The van der Waals surface area contributed by atoms with Gasteiger partial charge in [-0.05, 0) is 62.0 Å². The molecule has 0 saturated carbocycles. The van der Waals surface area contributed by atoms with Crippen LogP contribution >= 0.6 is 0 Å². The van der Waals surface area contributed by atoms with Crippen molar-refractivity contribution in [2.75, 3.05) is 13.1 Å². The SMILES string of the molecule is Cc1cc(F)c(CC2CCNC2)cc1F. The van der Waals surface area contributed by atoms with E-state index in [1.54, 1.807) is 6.92 Å². The molecule has 0 aliphatic carbocycles. The zero-order chi connectivity index (χ0) is 10.8. The Labute approximate surface area is 88.5 Å². The normalized spacial score (nSPS) is 20.9. The topological polar surface area (TPSA) is 12.0 Å². The van der Waals surface area contributed by atoms with E-state index in [9.17, 15) is 8.78 Å². The van der Waals surface area contributed by atoms with Crippen LogP contribution in [0.15, 0.2) is 12.1 Å². The third-order valence-corrected chi connectivity index (χ3v) is 3.00. The minimum atomic E-state index is -0.308. The zero-order valence-electron chi connectivity index (χ0n) is 8.82. The fourth-order valence-corrected chi connectivity index (χ4v) is 2.04. The van der Waals surface area contributed by atoms with Gasteiger partial charge in [0.15, 0.2) is 0 Å². The van der Waals surface area contributed by atoms with Crippen molar-refractivity contribution in [2.24, 2.45) is 5.92 Å². The Hall–Kier alpha value is -0.960. The van der Waals surface area contributed by atoms with E-state index in [0.717, 1.165) is 19.5 Å². The molecule has 1 nitrogen and oxygen atoms in total. The average Bonchev–Trinajstić information content (AvgIpc) is 2.67. The van der Waals surface area contributed by atoms with Gasteiger partial charge >= 0.3 is 0 Å². The minimum absolute atomic E-state index is 0.277. The summed E-state index contributed by atoms with van der Waals surface area (Å²) < 4.78 is 26.7. The highest BCUT2D eigenvalue weighted by Gasteiger charge is 2.17. The van der Waals surface area contributed by atoms with E-state index in [4.69, 9.17) is 0 Å². The second-order valence-electron chi connectivity index (χ2n) is 4.26. The summed E-state index contributed by atoms with van der Waals surface area (Å²) in [4.78, 5) is 0. The first kappa shape index (κ1) is 10.6. The van der Waals surface area contributed by atoms with Crippen molar-refractivity contribution in [3.05, 3.63) is 34.9 Å². The van der Waals surface area contributed by atoms with Crippen LogP contribution in [0, 0.1) is 24.5 Å². The van der Waals surface area contributed by atoms with Crippen LogP contribution in [-0.2, 0) is 6.42 Å². The van der Waals surface area contributed by atoms with Crippen molar-refractivity contribution in [1.82, 2.24) is 5.32 Å². The number of rotatable bonds is 2. The van der Waals surface area contributed by atoms with Crippen LogP contribution in [0.25, 0.3) is 0 Å². The molecule has 15 heavy (non-hydrogen) atoms. The molecule has 2 rings (SSSR count). The maximum absolute atomic E-state index is 13.5. The molecule has 1 aliphatic rings. The molecule has 1 atom stereocenters. The fraction of sp³-hybridized carbons (Fsp3) is 0.500. The predicted octanol–water partition coefficient (Wildman–Crippen LogP) is 2.43. The van der Waals surface area contributed by atoms with Gasteiger partial charge in [0.05, 0.1) is 0 Å². The summed E-state index contributed by atoms with van der Waals surface area (Å²) in [6.07, 6.45) is 1.69. The minimum Gasteiger partial charge on any atom is -0.316 e. The van der Waals surface area contributed by atoms with Crippen LogP contribution in [0.2, 0.25) is 0 Å². The molecule has 1 fully saturated rings. The van der Waals surface area contributed by atoms with E-state index in [-0.39, 0.29) is 11.6 Å². The number of halogens is 2. The summed E-state index contributed by atoms with van der Waals surface area (Å²) in [6.45, 7) is 3.48. The molecule has 0 spiro atoms. The smallest absolute Gasteiger partial charge is 0.126 e. The lowest BCUT2D eigenvalue weighted by molar-refractivity contribution is 0.532. The van der Waals surface area contributed by atoms with E-state index >= 15 is 0 Å². The molecule has 1 saturated heterocycles. The standard InChI is InChI=1S/C12H15F2N/c1-8-4-12(14)10(6-11(8)13)5-9-2-3-15-7-9/h4,6,9,15H,2-3,5,7H2,1H3. The Balaban J connectivity index is 2.16. The van der Waals surface area contributed by atoms with Gasteiger partial charge in [-0.15, -0.1) is 0 Å². The molecule has 1 heterocycles. The van der Waals surface area contributed by atoms with Crippen molar-refractivity contribution in [3.8, 4) is 0 Å². The van der Waals surface area contributed by atoms with Crippen LogP contribution in [0.1, 0.15) is 17.5 Å². The highest BCUT2D eigenvalue weighted by atomic mass is 19.1. The molecule has 3 heteroatoms. The first-order valence-corrected chi connectivity index (χ1v) is 5.32. The Morgan fingerprint density at radius 2 is 2.13 bits per heavy atom. The van der Waals surface area contributed by atoms with Crippen LogP contribution in [0.4, 0.5) is 8.78 Å². The zero-order valence-corrected chi connectivity index (χ0v) is 8.82. The average molecular weight is 211 g/mol. The largest absolute Gasteiger partial charge is 0.316 e. The van der Waals surface area contributed by atoms with E-state index in [1.165, 1.54) is 12.1 Å². The lowest BCUT2D eigenvalue weighted by atomic mass is 9.97. The van der Waals surface area contributed by atoms with Gasteiger partial charge in [-0.25, -0.2) is 8.78 Å². The molecule has 0 radical (unpaired) electrons. The van der Waals surface area contributed by atoms with Gasteiger partial charge < -0.3 is 5.32 Å². The number of hydrogen-bond acceptors (Lipinski definition) is 1. The van der Waals surface area contributed by atoms with E-state index in [2.05, 4.69) is 5.32 Å². The molecule has 82 valence electrons. The monoisotopic (exact) mass is 211 g/mol. The summed E-state index contributed by atoms with van der Waals surface area (Å²) >= 11 is 0. The Bertz CT molecular complexity index is 357. The molecular weight excluding hydrogens is 196 g/mol. The fourth-order valence-electron chi connectivity index (χ4n) is 2.04. The Morgan fingerprint density at radius 3 is 2.80 bits per heavy atom. The van der Waals surface area contributed by atoms with Crippen molar-refractivity contribution < 1.29 is 8.78 Å². The summed E-state index contributed by atoms with van der Waals surface area (Å²) in [5.41, 5.74) is 0.882. The molecule has 1 aliphatic heterocycles. The Morgan fingerprint density at radius 1 is 1.33 bits per heavy atom. The van der Waals surface area contributed by atoms with Crippen molar-refractivity contribution in [3.63, 3.8) is 0 Å². The second-order valence-corrected chi connectivity index (χ2v) is 4.26. The number of hydrogen-bond donors (Lipinski definition) is 1. The van der Waals surface area contributed by atoms with Crippen LogP contribution < -0.4 is 5.32 Å². The summed E-state index contributed by atoms with van der Waals surface area (Å²) in [5.74, 6) is -0.139. The number of aryl methyl sites for hydroxylation is 1. The lowest BCUT2D eigenvalue weighted by Crippen LogP contribution is -2.11. The van der Waals surface area contributed by atoms with Crippen LogP contribution in [-0.4, -0.2) is 13.1 Å². The lowest BCUT2D eigenvalue weighted by Gasteiger charge is -2.10. The van der Waals surface area contributed by atoms with Gasteiger partial charge in [0, 0.05) is 0 Å². The molecule has 1 aromatic carbocycles. The molecule has 1 aromatic rings. The summed E-state index contributed by atoms with van der Waals surface area (Å²) in [7, 11) is 0. The maximum Gasteiger partial charge on any atom is 0.126 e. The summed E-state index contributed by atoms with van der Waals surface area (Å²) in [5, 5.41) is 3.22. The third-order valence-electron chi connectivity index (χ3n) is 3.00. The van der Waals surface area contributed by atoms with Gasteiger partial charge in [0.2, 0.25) is 0 Å². The molecule has 1 N–H and O–H groups in total. The molecule has 0 aromatic heterocycles. The molecular formula is C12H15F2N. The van der Waals surface area contributed by atoms with Crippen LogP contribution in [0.5, 0.6) is 0 Å². The first-order chi connectivity index (χ1) is 7.16. The van der Waals surface area contributed by atoms with Crippen molar-refractivity contribution >= 4 is 0 Å². The molecule has 0 amide bonds.